The number of anilines is 1. The van der Waals surface area contributed by atoms with Crippen molar-refractivity contribution in [1.29, 1.82) is 0 Å². The lowest BCUT2D eigenvalue weighted by atomic mass is 9.92. The number of carbonyl (C=O) groups excluding carboxylic acids is 2. The summed E-state index contributed by atoms with van der Waals surface area (Å²) in [5.74, 6) is -0.345. The molecule has 5 heteroatoms. The molecule has 0 unspecified atom stereocenters. The summed E-state index contributed by atoms with van der Waals surface area (Å²) in [6, 6.07) is 13.1. The average molecular weight is 412 g/mol. The molecule has 0 heterocycles. The molecule has 30 heavy (non-hydrogen) atoms. The van der Waals surface area contributed by atoms with E-state index in [0.717, 1.165) is 22.4 Å². The Morgan fingerprint density at radius 3 is 1.93 bits per heavy atom. The first-order valence-electron chi connectivity index (χ1n) is 10.5. The van der Waals surface area contributed by atoms with Crippen molar-refractivity contribution in [3.8, 4) is 0 Å². The molecule has 0 fully saturated rings. The fraction of sp³-hybridized carbons (Fsp3) is 0.440. The van der Waals surface area contributed by atoms with Crippen molar-refractivity contribution < 1.29 is 19.1 Å². The molecule has 0 aliphatic rings. The molecule has 0 bridgehead atoms. The van der Waals surface area contributed by atoms with Crippen molar-refractivity contribution in [2.75, 3.05) is 11.9 Å². The van der Waals surface area contributed by atoms with Gasteiger partial charge in [-0.2, -0.15) is 0 Å². The summed E-state index contributed by atoms with van der Waals surface area (Å²) in [5.41, 5.74) is 4.34. The standard InChI is InChI=1S/C25H33NO4/c1-16(2)21-8-7-9-22(17(3)4)24(21)26-23(27)15-30-25(28)20-12-10-19(11-13-20)14-29-18(5)6/h7-13,16-18H,14-15H2,1-6H3,(H,26,27). The molecule has 0 aliphatic heterocycles. The SMILES string of the molecule is CC(C)OCc1ccc(C(=O)OCC(=O)Nc2c(C(C)C)cccc2C(C)C)cc1. The van der Waals surface area contributed by atoms with E-state index in [9.17, 15) is 9.59 Å². The molecule has 0 atom stereocenters. The summed E-state index contributed by atoms with van der Waals surface area (Å²) in [6.07, 6.45) is 0.144. The van der Waals surface area contributed by atoms with Gasteiger partial charge in [0.05, 0.1) is 18.3 Å². The zero-order valence-electron chi connectivity index (χ0n) is 18.8. The second-order valence-electron chi connectivity index (χ2n) is 8.30. The van der Waals surface area contributed by atoms with Gasteiger partial charge in [-0.1, -0.05) is 58.0 Å². The van der Waals surface area contributed by atoms with Crippen LogP contribution in [0.3, 0.4) is 0 Å². The van der Waals surface area contributed by atoms with Gasteiger partial charge in [-0.05, 0) is 54.5 Å². The van der Waals surface area contributed by atoms with E-state index in [4.69, 9.17) is 9.47 Å². The zero-order valence-corrected chi connectivity index (χ0v) is 18.8. The Labute approximate surface area is 179 Å². The third kappa shape index (κ3) is 6.70. The Kier molecular flexibility index (Phi) is 8.60. The van der Waals surface area contributed by atoms with Crippen molar-refractivity contribution in [1.82, 2.24) is 0 Å². The minimum absolute atomic E-state index is 0.144. The molecule has 162 valence electrons. The van der Waals surface area contributed by atoms with E-state index in [1.165, 1.54) is 0 Å². The van der Waals surface area contributed by atoms with Gasteiger partial charge in [0.1, 0.15) is 0 Å². The van der Waals surface area contributed by atoms with Gasteiger partial charge in [-0.15, -0.1) is 0 Å². The monoisotopic (exact) mass is 411 g/mol. The third-order valence-corrected chi connectivity index (χ3v) is 4.74. The molecule has 2 aromatic rings. The van der Waals surface area contributed by atoms with Crippen molar-refractivity contribution in [3.63, 3.8) is 0 Å². The fourth-order valence-electron chi connectivity index (χ4n) is 3.09. The van der Waals surface area contributed by atoms with Crippen LogP contribution >= 0.6 is 0 Å². The predicted molar refractivity (Wildman–Crippen MR) is 120 cm³/mol. The van der Waals surface area contributed by atoms with E-state index in [0.29, 0.717) is 12.2 Å². The summed E-state index contributed by atoms with van der Waals surface area (Å²) in [7, 11) is 0. The van der Waals surface area contributed by atoms with E-state index in [-0.39, 0.29) is 30.5 Å². The number of amides is 1. The van der Waals surface area contributed by atoms with Crippen LogP contribution in [0.1, 0.15) is 80.4 Å². The maximum Gasteiger partial charge on any atom is 0.338 e. The molecular formula is C25H33NO4. The Balaban J connectivity index is 1.99. The first kappa shape index (κ1) is 23.6. The van der Waals surface area contributed by atoms with Crippen LogP contribution in [0.4, 0.5) is 5.69 Å². The van der Waals surface area contributed by atoms with Gasteiger partial charge in [-0.3, -0.25) is 4.79 Å². The lowest BCUT2D eigenvalue weighted by molar-refractivity contribution is -0.119. The molecule has 2 aromatic carbocycles. The highest BCUT2D eigenvalue weighted by atomic mass is 16.5. The van der Waals surface area contributed by atoms with Gasteiger partial charge < -0.3 is 14.8 Å². The fourth-order valence-corrected chi connectivity index (χ4v) is 3.09. The minimum atomic E-state index is -0.525. The number of benzene rings is 2. The van der Waals surface area contributed by atoms with Gasteiger partial charge in [0.2, 0.25) is 0 Å². The number of hydrogen-bond acceptors (Lipinski definition) is 4. The summed E-state index contributed by atoms with van der Waals surface area (Å²) in [6.45, 7) is 12.5. The smallest absolute Gasteiger partial charge is 0.338 e. The third-order valence-electron chi connectivity index (χ3n) is 4.74. The average Bonchev–Trinajstić information content (AvgIpc) is 2.70. The van der Waals surface area contributed by atoms with E-state index < -0.39 is 5.97 Å². The van der Waals surface area contributed by atoms with Crippen molar-refractivity contribution in [2.24, 2.45) is 0 Å². The highest BCUT2D eigenvalue weighted by Crippen LogP contribution is 2.32. The molecule has 0 aliphatic carbocycles. The highest BCUT2D eigenvalue weighted by Gasteiger charge is 2.17. The largest absolute Gasteiger partial charge is 0.452 e. The maximum absolute atomic E-state index is 12.5. The van der Waals surface area contributed by atoms with Crippen molar-refractivity contribution >= 4 is 17.6 Å². The van der Waals surface area contributed by atoms with Crippen LogP contribution in [0, 0.1) is 0 Å². The topological polar surface area (TPSA) is 64.6 Å². The van der Waals surface area contributed by atoms with Crippen LogP contribution in [-0.2, 0) is 20.9 Å². The first-order chi connectivity index (χ1) is 14.2. The van der Waals surface area contributed by atoms with E-state index in [2.05, 4.69) is 33.0 Å². The molecule has 0 spiro atoms. The summed E-state index contributed by atoms with van der Waals surface area (Å²) >= 11 is 0. The normalized spacial score (nSPS) is 11.2. The van der Waals surface area contributed by atoms with E-state index >= 15 is 0 Å². The second-order valence-corrected chi connectivity index (χ2v) is 8.30. The highest BCUT2D eigenvalue weighted by molar-refractivity contribution is 5.96. The maximum atomic E-state index is 12.5. The van der Waals surface area contributed by atoms with Crippen LogP contribution in [0.15, 0.2) is 42.5 Å². The number of ether oxygens (including phenoxy) is 2. The second kappa shape index (κ2) is 10.9. The molecule has 2 rings (SSSR count). The summed E-state index contributed by atoms with van der Waals surface area (Å²) in [5, 5.41) is 2.95. The number of esters is 1. The van der Waals surface area contributed by atoms with Gasteiger partial charge in [-0.25, -0.2) is 4.79 Å². The van der Waals surface area contributed by atoms with E-state index in [1.807, 2.05) is 44.2 Å². The lowest BCUT2D eigenvalue weighted by Crippen LogP contribution is -2.22. The Morgan fingerprint density at radius 1 is 0.867 bits per heavy atom. The molecule has 1 N–H and O–H groups in total. The predicted octanol–water partition coefficient (Wildman–Crippen LogP) is 5.65. The number of para-hydroxylation sites is 1. The Bertz CT molecular complexity index is 828. The minimum Gasteiger partial charge on any atom is -0.452 e. The van der Waals surface area contributed by atoms with Gasteiger partial charge in [0.25, 0.3) is 5.91 Å². The Morgan fingerprint density at radius 2 is 1.43 bits per heavy atom. The van der Waals surface area contributed by atoms with Crippen LogP contribution < -0.4 is 5.32 Å². The Hall–Kier alpha value is -2.66. The molecule has 0 saturated heterocycles. The summed E-state index contributed by atoms with van der Waals surface area (Å²) < 4.78 is 10.8. The number of nitrogens with one attached hydrogen (secondary N) is 1. The van der Waals surface area contributed by atoms with Gasteiger partial charge in [0.15, 0.2) is 6.61 Å². The number of hydrogen-bond donors (Lipinski definition) is 1. The number of carbonyl (C=O) groups is 2. The molecule has 0 saturated carbocycles. The zero-order chi connectivity index (χ0) is 22.3. The van der Waals surface area contributed by atoms with Crippen molar-refractivity contribution in [2.45, 2.75) is 66.1 Å². The molecule has 0 radical (unpaired) electrons. The molecule has 1 amide bonds. The molecule has 0 aromatic heterocycles. The van der Waals surface area contributed by atoms with Crippen LogP contribution in [0.5, 0.6) is 0 Å². The van der Waals surface area contributed by atoms with E-state index in [1.54, 1.807) is 12.1 Å². The van der Waals surface area contributed by atoms with Crippen LogP contribution in [-0.4, -0.2) is 24.6 Å². The lowest BCUT2D eigenvalue weighted by Gasteiger charge is -2.20. The van der Waals surface area contributed by atoms with Crippen molar-refractivity contribution in [3.05, 3.63) is 64.7 Å². The van der Waals surface area contributed by atoms with Gasteiger partial charge in [0, 0.05) is 5.69 Å². The summed E-state index contributed by atoms with van der Waals surface area (Å²) in [4.78, 5) is 24.8. The number of rotatable bonds is 9. The molecular weight excluding hydrogens is 378 g/mol. The van der Waals surface area contributed by atoms with Crippen LogP contribution in [0.2, 0.25) is 0 Å². The quantitative estimate of drug-likeness (QED) is 0.541. The van der Waals surface area contributed by atoms with Crippen LogP contribution in [0.25, 0.3) is 0 Å². The van der Waals surface area contributed by atoms with Gasteiger partial charge >= 0.3 is 5.97 Å². The first-order valence-corrected chi connectivity index (χ1v) is 10.5. The molecule has 5 nitrogen and oxygen atoms in total.